The fourth-order valence-electron chi connectivity index (χ4n) is 2.94. The van der Waals surface area contributed by atoms with Crippen LogP contribution in [0.15, 0.2) is 16.6 Å². The van der Waals surface area contributed by atoms with Gasteiger partial charge in [0, 0.05) is 6.54 Å². The van der Waals surface area contributed by atoms with Gasteiger partial charge in [0.1, 0.15) is 18.4 Å². The number of halogens is 2. The van der Waals surface area contributed by atoms with Crippen molar-refractivity contribution < 1.29 is 14.0 Å². The SMILES string of the molecule is Cc1cc(Br)c(F)cc1N1CC(=O)N2CCCC2C1=O. The second-order valence-corrected chi connectivity index (χ2v) is 6.08. The van der Waals surface area contributed by atoms with E-state index < -0.39 is 5.82 Å². The summed E-state index contributed by atoms with van der Waals surface area (Å²) in [6.45, 7) is 2.45. The van der Waals surface area contributed by atoms with Crippen LogP contribution in [0.5, 0.6) is 0 Å². The van der Waals surface area contributed by atoms with Crippen LogP contribution in [0.1, 0.15) is 18.4 Å². The van der Waals surface area contributed by atoms with E-state index in [0.717, 1.165) is 12.0 Å². The fourth-order valence-corrected chi connectivity index (χ4v) is 3.39. The predicted octanol–water partition coefficient (Wildman–Crippen LogP) is 2.23. The molecule has 106 valence electrons. The Hall–Kier alpha value is -1.43. The zero-order valence-corrected chi connectivity index (χ0v) is 12.6. The van der Waals surface area contributed by atoms with E-state index in [-0.39, 0.29) is 24.4 Å². The van der Waals surface area contributed by atoms with Crippen LogP contribution in [0.3, 0.4) is 0 Å². The van der Waals surface area contributed by atoms with Crippen LogP contribution in [-0.4, -0.2) is 35.8 Å². The van der Waals surface area contributed by atoms with Crippen molar-refractivity contribution in [2.45, 2.75) is 25.8 Å². The van der Waals surface area contributed by atoms with Gasteiger partial charge in [0.15, 0.2) is 0 Å². The first-order valence-corrected chi connectivity index (χ1v) is 7.35. The van der Waals surface area contributed by atoms with Gasteiger partial charge in [-0.1, -0.05) is 0 Å². The third-order valence-electron chi connectivity index (χ3n) is 3.95. The number of benzene rings is 1. The molecule has 2 amide bonds. The maximum atomic E-state index is 13.7. The van der Waals surface area contributed by atoms with Crippen LogP contribution in [-0.2, 0) is 9.59 Å². The molecule has 1 aromatic rings. The molecule has 2 fully saturated rings. The van der Waals surface area contributed by atoms with Crippen molar-refractivity contribution in [2.75, 3.05) is 18.0 Å². The maximum absolute atomic E-state index is 13.7. The molecule has 4 nitrogen and oxygen atoms in total. The molecular weight excluding hydrogens is 327 g/mol. The number of amides is 2. The molecule has 0 spiro atoms. The van der Waals surface area contributed by atoms with Gasteiger partial charge in [0.25, 0.3) is 0 Å². The van der Waals surface area contributed by atoms with Gasteiger partial charge in [0.05, 0.1) is 10.2 Å². The zero-order chi connectivity index (χ0) is 14.4. The Kier molecular flexibility index (Phi) is 3.28. The molecule has 0 bridgehead atoms. The molecule has 0 aromatic heterocycles. The third-order valence-corrected chi connectivity index (χ3v) is 4.55. The van der Waals surface area contributed by atoms with E-state index >= 15 is 0 Å². The minimum absolute atomic E-state index is 0.00273. The van der Waals surface area contributed by atoms with Gasteiger partial charge in [-0.15, -0.1) is 0 Å². The summed E-state index contributed by atoms with van der Waals surface area (Å²) in [5, 5.41) is 0. The van der Waals surface area contributed by atoms with Gasteiger partial charge in [-0.3, -0.25) is 9.59 Å². The molecule has 3 rings (SSSR count). The largest absolute Gasteiger partial charge is 0.329 e. The minimum Gasteiger partial charge on any atom is -0.329 e. The van der Waals surface area contributed by atoms with Crippen molar-refractivity contribution in [2.24, 2.45) is 0 Å². The topological polar surface area (TPSA) is 40.6 Å². The molecule has 2 saturated heterocycles. The number of carbonyl (C=O) groups is 2. The molecule has 2 aliphatic heterocycles. The van der Waals surface area contributed by atoms with E-state index in [0.29, 0.717) is 23.1 Å². The van der Waals surface area contributed by atoms with Gasteiger partial charge in [0.2, 0.25) is 11.8 Å². The summed E-state index contributed by atoms with van der Waals surface area (Å²) in [4.78, 5) is 27.7. The van der Waals surface area contributed by atoms with Gasteiger partial charge >= 0.3 is 0 Å². The molecule has 0 aliphatic carbocycles. The van der Waals surface area contributed by atoms with E-state index in [1.165, 1.54) is 11.0 Å². The highest BCUT2D eigenvalue weighted by atomic mass is 79.9. The number of carbonyl (C=O) groups excluding carboxylic acids is 2. The molecule has 2 aliphatic rings. The second-order valence-electron chi connectivity index (χ2n) is 5.22. The molecule has 0 N–H and O–H groups in total. The number of nitrogens with zero attached hydrogens (tertiary/aromatic N) is 2. The normalized spacial score (nSPS) is 22.4. The molecule has 6 heteroatoms. The van der Waals surface area contributed by atoms with E-state index in [1.807, 2.05) is 0 Å². The Balaban J connectivity index is 2.00. The van der Waals surface area contributed by atoms with Crippen LogP contribution >= 0.6 is 15.9 Å². The second kappa shape index (κ2) is 4.84. The number of fused-ring (bicyclic) bond motifs is 1. The van der Waals surface area contributed by atoms with Crippen LogP contribution in [0.4, 0.5) is 10.1 Å². The minimum atomic E-state index is -0.431. The average molecular weight is 341 g/mol. The fraction of sp³-hybridized carbons (Fsp3) is 0.429. The highest BCUT2D eigenvalue weighted by molar-refractivity contribution is 9.10. The van der Waals surface area contributed by atoms with E-state index in [2.05, 4.69) is 15.9 Å². The number of hydrogen-bond acceptors (Lipinski definition) is 2. The van der Waals surface area contributed by atoms with E-state index in [1.54, 1.807) is 17.9 Å². The smallest absolute Gasteiger partial charge is 0.250 e. The first-order chi connectivity index (χ1) is 9.49. The first kappa shape index (κ1) is 13.5. The molecule has 0 saturated carbocycles. The Labute approximate surface area is 124 Å². The summed E-state index contributed by atoms with van der Waals surface area (Å²) in [6, 6.07) is 2.57. The lowest BCUT2D eigenvalue weighted by molar-refractivity contribution is -0.140. The molecule has 1 atom stereocenters. The first-order valence-electron chi connectivity index (χ1n) is 6.55. The average Bonchev–Trinajstić information content (AvgIpc) is 2.88. The van der Waals surface area contributed by atoms with Crippen molar-refractivity contribution in [3.05, 3.63) is 28.0 Å². The third kappa shape index (κ3) is 2.02. The molecule has 2 heterocycles. The summed E-state index contributed by atoms with van der Waals surface area (Å²) in [5.41, 5.74) is 1.25. The Morgan fingerprint density at radius 2 is 2.10 bits per heavy atom. The van der Waals surface area contributed by atoms with Crippen molar-refractivity contribution in [1.29, 1.82) is 0 Å². The van der Waals surface area contributed by atoms with Crippen molar-refractivity contribution in [1.82, 2.24) is 4.90 Å². The van der Waals surface area contributed by atoms with Crippen molar-refractivity contribution in [3.8, 4) is 0 Å². The Morgan fingerprint density at radius 3 is 2.85 bits per heavy atom. The summed E-state index contributed by atoms with van der Waals surface area (Å²) in [6.07, 6.45) is 1.54. The predicted molar refractivity (Wildman–Crippen MR) is 75.9 cm³/mol. The van der Waals surface area contributed by atoms with E-state index in [9.17, 15) is 14.0 Å². The summed E-state index contributed by atoms with van der Waals surface area (Å²) in [7, 11) is 0. The molecule has 1 unspecified atom stereocenters. The van der Waals surface area contributed by atoms with Crippen LogP contribution in [0.2, 0.25) is 0 Å². The Bertz CT molecular complexity index is 605. The standard InChI is InChI=1S/C14H14BrFN2O2/c1-8-5-9(15)10(16)6-12(8)18-7-13(19)17-4-2-3-11(17)14(18)20/h5-6,11H,2-4,7H2,1H3. The summed E-state index contributed by atoms with van der Waals surface area (Å²) >= 11 is 3.12. The van der Waals surface area contributed by atoms with Crippen molar-refractivity contribution >= 4 is 33.4 Å². The zero-order valence-electron chi connectivity index (χ0n) is 11.0. The van der Waals surface area contributed by atoms with E-state index in [4.69, 9.17) is 0 Å². The molecule has 20 heavy (non-hydrogen) atoms. The monoisotopic (exact) mass is 340 g/mol. The van der Waals surface area contributed by atoms with Crippen LogP contribution < -0.4 is 4.90 Å². The van der Waals surface area contributed by atoms with Gasteiger partial charge < -0.3 is 9.80 Å². The number of hydrogen-bond donors (Lipinski definition) is 0. The Morgan fingerprint density at radius 1 is 1.35 bits per heavy atom. The summed E-state index contributed by atoms with van der Waals surface area (Å²) < 4.78 is 14.1. The highest BCUT2D eigenvalue weighted by Crippen LogP contribution is 2.31. The molecule has 0 radical (unpaired) electrons. The van der Waals surface area contributed by atoms with Gasteiger partial charge in [-0.2, -0.15) is 0 Å². The number of anilines is 1. The maximum Gasteiger partial charge on any atom is 0.250 e. The summed E-state index contributed by atoms with van der Waals surface area (Å²) in [5.74, 6) is -0.596. The molecular formula is C14H14BrFN2O2. The van der Waals surface area contributed by atoms with Crippen molar-refractivity contribution in [3.63, 3.8) is 0 Å². The molecule has 1 aromatic carbocycles. The number of rotatable bonds is 1. The van der Waals surface area contributed by atoms with Gasteiger partial charge in [-0.05, 0) is 53.4 Å². The number of piperazine rings is 1. The van der Waals surface area contributed by atoms with Gasteiger partial charge in [-0.25, -0.2) is 4.39 Å². The quantitative estimate of drug-likeness (QED) is 0.786. The van der Waals surface area contributed by atoms with Crippen LogP contribution in [0, 0.1) is 12.7 Å². The highest BCUT2D eigenvalue weighted by Gasteiger charge is 2.42. The lowest BCUT2D eigenvalue weighted by Gasteiger charge is -2.37. The lowest BCUT2D eigenvalue weighted by Crippen LogP contribution is -2.57. The van der Waals surface area contributed by atoms with Crippen LogP contribution in [0.25, 0.3) is 0 Å². The lowest BCUT2D eigenvalue weighted by atomic mass is 10.1. The number of aryl methyl sites for hydroxylation is 1.